The van der Waals surface area contributed by atoms with Crippen LogP contribution in [0.1, 0.15) is 21.8 Å². The summed E-state index contributed by atoms with van der Waals surface area (Å²) in [5.74, 6) is 1.11. The van der Waals surface area contributed by atoms with E-state index < -0.39 is 5.97 Å². The van der Waals surface area contributed by atoms with E-state index in [1.165, 1.54) is 10.8 Å². The Bertz CT molecular complexity index is 1680. The van der Waals surface area contributed by atoms with E-state index in [0.29, 0.717) is 33.6 Å². The third-order valence-corrected chi connectivity index (χ3v) is 6.69. The van der Waals surface area contributed by atoms with Crippen LogP contribution in [0.4, 0.5) is 0 Å². The van der Waals surface area contributed by atoms with Crippen molar-refractivity contribution in [2.45, 2.75) is 13.2 Å². The Kier molecular flexibility index (Phi) is 6.02. The lowest BCUT2D eigenvalue weighted by molar-refractivity contribution is 0.0433. The highest BCUT2D eigenvalue weighted by atomic mass is 79.9. The molecule has 0 N–H and O–H groups in total. The van der Waals surface area contributed by atoms with Gasteiger partial charge in [0.1, 0.15) is 18.1 Å². The predicted octanol–water partition coefficient (Wildman–Crippen LogP) is 6.16. The van der Waals surface area contributed by atoms with Crippen molar-refractivity contribution in [3.63, 3.8) is 0 Å². The zero-order valence-electron chi connectivity index (χ0n) is 19.5. The maximum absolute atomic E-state index is 13.9. The fraction of sp³-hybridized carbons (Fsp3) is 0.103. The first-order valence-corrected chi connectivity index (χ1v) is 12.4. The molecule has 0 unspecified atom stereocenters. The van der Waals surface area contributed by atoms with Crippen molar-refractivity contribution in [2.75, 3.05) is 6.79 Å². The molecular weight excluding hydrogens is 538 g/mol. The Morgan fingerprint density at radius 1 is 0.919 bits per heavy atom. The fourth-order valence-corrected chi connectivity index (χ4v) is 4.86. The lowest BCUT2D eigenvalue weighted by Gasteiger charge is -2.19. The second-order valence-electron chi connectivity index (χ2n) is 8.51. The van der Waals surface area contributed by atoms with Crippen LogP contribution in [0.25, 0.3) is 21.9 Å². The molecule has 0 bridgehead atoms. The van der Waals surface area contributed by atoms with E-state index in [4.69, 9.17) is 18.6 Å². The van der Waals surface area contributed by atoms with Gasteiger partial charge in [0, 0.05) is 15.4 Å². The van der Waals surface area contributed by atoms with Crippen molar-refractivity contribution in [1.82, 2.24) is 4.57 Å². The molecular formula is C29H20BrNO6. The number of hydrogen-bond acceptors (Lipinski definition) is 6. The third kappa shape index (κ3) is 4.40. The van der Waals surface area contributed by atoms with Crippen LogP contribution in [0, 0.1) is 0 Å². The normalized spacial score (nSPS) is 12.1. The Morgan fingerprint density at radius 2 is 1.76 bits per heavy atom. The average molecular weight is 558 g/mol. The van der Waals surface area contributed by atoms with Gasteiger partial charge in [0.2, 0.25) is 6.79 Å². The minimum atomic E-state index is -0.630. The Hall–Kier alpha value is -4.30. The fourth-order valence-electron chi connectivity index (χ4n) is 4.50. The van der Waals surface area contributed by atoms with Crippen LogP contribution in [0.15, 0.2) is 98.8 Å². The first-order valence-electron chi connectivity index (χ1n) is 11.6. The zero-order valence-corrected chi connectivity index (χ0v) is 21.1. The molecule has 0 amide bonds. The molecule has 184 valence electrons. The quantitative estimate of drug-likeness (QED) is 0.233. The summed E-state index contributed by atoms with van der Waals surface area (Å²) in [7, 11) is 0. The van der Waals surface area contributed by atoms with Gasteiger partial charge in [-0.1, -0.05) is 52.3 Å². The molecule has 1 aliphatic rings. The van der Waals surface area contributed by atoms with Gasteiger partial charge < -0.3 is 18.6 Å². The van der Waals surface area contributed by atoms with E-state index in [2.05, 4.69) is 15.9 Å². The van der Waals surface area contributed by atoms with Crippen molar-refractivity contribution in [3.05, 3.63) is 117 Å². The van der Waals surface area contributed by atoms with Crippen LogP contribution >= 0.6 is 15.9 Å². The van der Waals surface area contributed by atoms with Crippen LogP contribution < -0.4 is 15.0 Å². The highest BCUT2D eigenvalue weighted by Gasteiger charge is 2.26. The van der Waals surface area contributed by atoms with Crippen molar-refractivity contribution in [3.8, 4) is 22.6 Å². The van der Waals surface area contributed by atoms with Crippen LogP contribution in [0.5, 0.6) is 11.5 Å². The monoisotopic (exact) mass is 557 g/mol. The summed E-state index contributed by atoms with van der Waals surface area (Å²) in [6.45, 7) is 0.216. The summed E-state index contributed by atoms with van der Waals surface area (Å²) in [6, 6.07) is 23.9. The van der Waals surface area contributed by atoms with Gasteiger partial charge in [-0.3, -0.25) is 9.36 Å². The molecule has 3 aromatic carbocycles. The molecule has 5 aromatic rings. The standard InChI is InChI=1S/C29H20BrNO6/c30-20-9-10-22-23(14-20)26(19-5-2-1-3-6-19)27(29(33)35-16-21-7-4-12-34-21)31(28(22)32)15-18-8-11-24-25(13-18)37-17-36-24/h1-14H,15-17H2. The summed E-state index contributed by atoms with van der Waals surface area (Å²) in [6.07, 6.45) is 1.52. The van der Waals surface area contributed by atoms with Gasteiger partial charge in [-0.15, -0.1) is 0 Å². The van der Waals surface area contributed by atoms with Gasteiger partial charge in [0.25, 0.3) is 5.56 Å². The molecule has 8 heteroatoms. The number of halogens is 1. The van der Waals surface area contributed by atoms with Crippen LogP contribution in [-0.2, 0) is 17.9 Å². The van der Waals surface area contributed by atoms with E-state index in [9.17, 15) is 9.59 Å². The largest absolute Gasteiger partial charge is 0.466 e. The first kappa shape index (κ1) is 23.1. The topological polar surface area (TPSA) is 79.9 Å². The van der Waals surface area contributed by atoms with Crippen molar-refractivity contribution >= 4 is 32.7 Å². The lowest BCUT2D eigenvalue weighted by Crippen LogP contribution is -2.29. The SMILES string of the molecule is O=C(OCc1ccco1)c1c(-c2ccccc2)c2cc(Br)ccc2c(=O)n1Cc1ccc2c(c1)OCO2. The Morgan fingerprint density at radius 3 is 2.57 bits per heavy atom. The van der Waals surface area contributed by atoms with Crippen molar-refractivity contribution < 1.29 is 23.4 Å². The van der Waals surface area contributed by atoms with Gasteiger partial charge in [-0.25, -0.2) is 4.79 Å². The van der Waals surface area contributed by atoms with Gasteiger partial charge >= 0.3 is 5.97 Å². The smallest absolute Gasteiger partial charge is 0.356 e. The number of esters is 1. The number of nitrogens with zero attached hydrogens (tertiary/aromatic N) is 1. The van der Waals surface area contributed by atoms with E-state index in [0.717, 1.165) is 15.6 Å². The molecule has 0 saturated heterocycles. The molecule has 1 aliphatic heterocycles. The maximum Gasteiger partial charge on any atom is 0.356 e. The molecule has 0 aliphatic carbocycles. The molecule has 37 heavy (non-hydrogen) atoms. The number of fused-ring (bicyclic) bond motifs is 2. The molecule has 6 rings (SSSR count). The first-order chi connectivity index (χ1) is 18.1. The van der Waals surface area contributed by atoms with Crippen molar-refractivity contribution in [2.24, 2.45) is 0 Å². The average Bonchev–Trinajstić information content (AvgIpc) is 3.61. The number of ether oxygens (including phenoxy) is 3. The number of carbonyl (C=O) groups excluding carboxylic acids is 1. The molecule has 2 aromatic heterocycles. The molecule has 7 nitrogen and oxygen atoms in total. The van der Waals surface area contributed by atoms with E-state index >= 15 is 0 Å². The molecule has 0 radical (unpaired) electrons. The zero-order chi connectivity index (χ0) is 25.4. The lowest BCUT2D eigenvalue weighted by atomic mass is 9.96. The summed E-state index contributed by atoms with van der Waals surface area (Å²) in [5.41, 5.74) is 2.04. The van der Waals surface area contributed by atoms with Gasteiger partial charge in [-0.05, 0) is 59.0 Å². The summed E-state index contributed by atoms with van der Waals surface area (Å²) in [4.78, 5) is 27.6. The minimum Gasteiger partial charge on any atom is -0.466 e. The number of carbonyl (C=O) groups is 1. The van der Waals surface area contributed by atoms with Crippen molar-refractivity contribution in [1.29, 1.82) is 0 Å². The third-order valence-electron chi connectivity index (χ3n) is 6.19. The molecule has 0 fully saturated rings. The number of rotatable bonds is 6. The Labute approximate surface area is 219 Å². The second kappa shape index (κ2) is 9.63. The number of hydrogen-bond donors (Lipinski definition) is 0. The van der Waals surface area contributed by atoms with Gasteiger partial charge in [-0.2, -0.15) is 0 Å². The molecule has 3 heterocycles. The van der Waals surface area contributed by atoms with Crippen LogP contribution in [0.3, 0.4) is 0 Å². The second-order valence-corrected chi connectivity index (χ2v) is 9.43. The molecule has 0 saturated carbocycles. The maximum atomic E-state index is 13.9. The summed E-state index contributed by atoms with van der Waals surface area (Å²) in [5, 5.41) is 1.14. The number of benzene rings is 3. The van der Waals surface area contributed by atoms with Crippen LogP contribution in [-0.4, -0.2) is 17.3 Å². The highest BCUT2D eigenvalue weighted by Crippen LogP contribution is 2.35. The van der Waals surface area contributed by atoms with E-state index in [1.807, 2.05) is 54.6 Å². The highest BCUT2D eigenvalue weighted by molar-refractivity contribution is 9.10. The van der Waals surface area contributed by atoms with E-state index in [-0.39, 0.29) is 31.2 Å². The Balaban J connectivity index is 1.58. The van der Waals surface area contributed by atoms with Crippen LogP contribution in [0.2, 0.25) is 0 Å². The minimum absolute atomic E-state index is 0.0607. The van der Waals surface area contributed by atoms with Gasteiger partial charge in [0.05, 0.1) is 12.8 Å². The summed E-state index contributed by atoms with van der Waals surface area (Å²) < 4.78 is 24.2. The predicted molar refractivity (Wildman–Crippen MR) is 141 cm³/mol. The molecule has 0 spiro atoms. The molecule has 0 atom stereocenters. The summed E-state index contributed by atoms with van der Waals surface area (Å²) >= 11 is 3.52. The number of aromatic nitrogens is 1. The number of pyridine rings is 1. The number of furan rings is 1. The van der Waals surface area contributed by atoms with E-state index in [1.54, 1.807) is 24.3 Å². The van der Waals surface area contributed by atoms with Gasteiger partial charge in [0.15, 0.2) is 11.5 Å².